The van der Waals surface area contributed by atoms with Gasteiger partial charge in [0.25, 0.3) is 0 Å². The summed E-state index contributed by atoms with van der Waals surface area (Å²) < 4.78 is 19.9. The molecule has 0 aliphatic rings. The lowest BCUT2D eigenvalue weighted by Gasteiger charge is -2.20. The molecule has 0 saturated carbocycles. The molecule has 0 radical (unpaired) electrons. The van der Waals surface area contributed by atoms with E-state index in [1.165, 1.54) is 6.07 Å². The molecule has 0 aliphatic carbocycles. The molecule has 0 spiro atoms. The summed E-state index contributed by atoms with van der Waals surface area (Å²) in [5.41, 5.74) is 0.643. The molecule has 2 atom stereocenters. The molecular weight excluding hydrogens is 253 g/mol. The quantitative estimate of drug-likeness (QED) is 0.708. The summed E-state index contributed by atoms with van der Waals surface area (Å²) in [6.07, 6.45) is 3.31. The van der Waals surface area contributed by atoms with E-state index in [1.54, 1.807) is 6.07 Å². The summed E-state index contributed by atoms with van der Waals surface area (Å²) in [6.45, 7) is 9.94. The van der Waals surface area contributed by atoms with Crippen molar-refractivity contribution in [3.8, 4) is 5.75 Å². The normalized spacial score (nSPS) is 14.1. The van der Waals surface area contributed by atoms with E-state index in [0.717, 1.165) is 25.8 Å². The molecule has 0 bridgehead atoms. The van der Waals surface area contributed by atoms with Crippen LogP contribution in [0.4, 0.5) is 4.39 Å². The second-order valence-corrected chi connectivity index (χ2v) is 5.53. The third-order valence-electron chi connectivity index (χ3n) is 3.45. The van der Waals surface area contributed by atoms with Gasteiger partial charge in [-0.1, -0.05) is 33.3 Å². The van der Waals surface area contributed by atoms with Crippen LogP contribution in [0.5, 0.6) is 5.75 Å². The van der Waals surface area contributed by atoms with Gasteiger partial charge < -0.3 is 10.1 Å². The molecule has 0 aromatic heterocycles. The van der Waals surface area contributed by atoms with E-state index in [2.05, 4.69) is 26.1 Å². The predicted molar refractivity (Wildman–Crippen MR) is 82.7 cm³/mol. The molecule has 2 unspecified atom stereocenters. The summed E-state index contributed by atoms with van der Waals surface area (Å²) in [7, 11) is 0. The third-order valence-corrected chi connectivity index (χ3v) is 3.45. The summed E-state index contributed by atoms with van der Waals surface area (Å²) in [4.78, 5) is 0. The molecule has 0 aliphatic heterocycles. The van der Waals surface area contributed by atoms with Crippen molar-refractivity contribution in [3.63, 3.8) is 0 Å². The van der Waals surface area contributed by atoms with Gasteiger partial charge in [-0.3, -0.25) is 0 Å². The van der Waals surface area contributed by atoms with Crippen LogP contribution in [0.15, 0.2) is 18.2 Å². The average Bonchev–Trinajstić information content (AvgIpc) is 2.43. The van der Waals surface area contributed by atoms with Gasteiger partial charge >= 0.3 is 0 Å². The maximum Gasteiger partial charge on any atom is 0.131 e. The first-order chi connectivity index (χ1) is 9.60. The van der Waals surface area contributed by atoms with Crippen molar-refractivity contribution in [1.82, 2.24) is 5.32 Å². The molecule has 3 heteroatoms. The van der Waals surface area contributed by atoms with Crippen LogP contribution in [-0.4, -0.2) is 13.2 Å². The topological polar surface area (TPSA) is 21.3 Å². The van der Waals surface area contributed by atoms with Crippen LogP contribution in [0.2, 0.25) is 0 Å². The summed E-state index contributed by atoms with van der Waals surface area (Å²) >= 11 is 0. The molecule has 1 rings (SSSR count). The van der Waals surface area contributed by atoms with Crippen LogP contribution in [0.1, 0.15) is 58.6 Å². The van der Waals surface area contributed by atoms with Gasteiger partial charge in [-0.05, 0) is 44.4 Å². The maximum absolute atomic E-state index is 14.1. The van der Waals surface area contributed by atoms with Crippen LogP contribution in [0.3, 0.4) is 0 Å². The lowest BCUT2D eigenvalue weighted by molar-refractivity contribution is 0.246. The first-order valence-electron chi connectivity index (χ1n) is 7.74. The highest BCUT2D eigenvalue weighted by molar-refractivity contribution is 5.37. The lowest BCUT2D eigenvalue weighted by atomic mass is 10.1. The lowest BCUT2D eigenvalue weighted by Crippen LogP contribution is -2.21. The van der Waals surface area contributed by atoms with Crippen molar-refractivity contribution in [2.24, 2.45) is 5.92 Å². The highest BCUT2D eigenvalue weighted by Gasteiger charge is 2.16. The van der Waals surface area contributed by atoms with Gasteiger partial charge in [0.15, 0.2) is 0 Å². The molecule has 0 saturated heterocycles. The van der Waals surface area contributed by atoms with Crippen molar-refractivity contribution in [2.75, 3.05) is 13.2 Å². The molecule has 1 aromatic rings. The fraction of sp³-hybridized carbons (Fsp3) is 0.647. The average molecular weight is 281 g/mol. The summed E-state index contributed by atoms with van der Waals surface area (Å²) in [6, 6.07) is 5.04. The molecule has 0 heterocycles. The van der Waals surface area contributed by atoms with Crippen LogP contribution < -0.4 is 10.1 Å². The van der Waals surface area contributed by atoms with Gasteiger partial charge in [0, 0.05) is 11.6 Å². The van der Waals surface area contributed by atoms with E-state index in [1.807, 2.05) is 13.0 Å². The van der Waals surface area contributed by atoms with Crippen LogP contribution in [0.25, 0.3) is 0 Å². The Kier molecular flexibility index (Phi) is 7.60. The molecule has 0 fully saturated rings. The molecule has 0 amide bonds. The summed E-state index contributed by atoms with van der Waals surface area (Å²) in [5, 5.41) is 3.32. The Labute approximate surface area is 122 Å². The Morgan fingerprint density at radius 1 is 1.20 bits per heavy atom. The van der Waals surface area contributed by atoms with Crippen molar-refractivity contribution >= 4 is 0 Å². The van der Waals surface area contributed by atoms with E-state index >= 15 is 0 Å². The van der Waals surface area contributed by atoms with Crippen LogP contribution in [0, 0.1) is 11.7 Å². The minimum absolute atomic E-state index is 0.0346. The monoisotopic (exact) mass is 281 g/mol. The van der Waals surface area contributed by atoms with Crippen LogP contribution >= 0.6 is 0 Å². The van der Waals surface area contributed by atoms with Gasteiger partial charge in [-0.25, -0.2) is 4.39 Å². The molecule has 114 valence electrons. The Morgan fingerprint density at radius 3 is 2.60 bits per heavy atom. The van der Waals surface area contributed by atoms with Crippen molar-refractivity contribution in [3.05, 3.63) is 29.6 Å². The van der Waals surface area contributed by atoms with Gasteiger partial charge in [-0.15, -0.1) is 0 Å². The van der Waals surface area contributed by atoms with Gasteiger partial charge in [0.2, 0.25) is 0 Å². The van der Waals surface area contributed by atoms with Crippen molar-refractivity contribution in [2.45, 2.75) is 53.0 Å². The fourth-order valence-electron chi connectivity index (χ4n) is 2.33. The predicted octanol–water partition coefficient (Wildman–Crippen LogP) is 4.70. The van der Waals surface area contributed by atoms with E-state index < -0.39 is 0 Å². The van der Waals surface area contributed by atoms with Crippen LogP contribution in [-0.2, 0) is 0 Å². The molecule has 1 N–H and O–H groups in total. The Balaban J connectivity index is 2.77. The number of rotatable bonds is 9. The third kappa shape index (κ3) is 5.12. The second kappa shape index (κ2) is 8.96. The highest BCUT2D eigenvalue weighted by atomic mass is 19.1. The Hall–Kier alpha value is -1.09. The highest BCUT2D eigenvalue weighted by Crippen LogP contribution is 2.28. The smallest absolute Gasteiger partial charge is 0.131 e. The number of ether oxygens (including phenoxy) is 1. The number of hydrogen-bond acceptors (Lipinski definition) is 2. The fourth-order valence-corrected chi connectivity index (χ4v) is 2.33. The zero-order chi connectivity index (χ0) is 15.0. The maximum atomic E-state index is 14.1. The molecule has 20 heavy (non-hydrogen) atoms. The molecule has 1 aromatic carbocycles. The van der Waals surface area contributed by atoms with Crippen molar-refractivity contribution < 1.29 is 9.13 Å². The van der Waals surface area contributed by atoms with Gasteiger partial charge in [0.05, 0.1) is 6.61 Å². The number of benzene rings is 1. The molecule has 2 nitrogen and oxygen atoms in total. The Morgan fingerprint density at radius 2 is 1.95 bits per heavy atom. The number of nitrogens with one attached hydrogen (secondary N) is 1. The Bertz CT molecular complexity index is 395. The largest absolute Gasteiger partial charge is 0.493 e. The second-order valence-electron chi connectivity index (χ2n) is 5.53. The minimum atomic E-state index is -0.193. The number of halogens is 1. The van der Waals surface area contributed by atoms with Crippen molar-refractivity contribution in [1.29, 1.82) is 0 Å². The summed E-state index contributed by atoms with van der Waals surface area (Å²) in [5.74, 6) is 0.973. The SMILES string of the molecule is CCCNC(C)c1c(F)cccc1OCC(C)CCC. The number of hydrogen-bond donors (Lipinski definition) is 1. The zero-order valence-electron chi connectivity index (χ0n) is 13.2. The first kappa shape index (κ1) is 17.0. The standard InChI is InChI=1S/C17H28FNO/c1-5-8-13(3)12-20-16-10-7-9-15(18)17(16)14(4)19-11-6-2/h7,9-10,13-14,19H,5-6,8,11-12H2,1-4H3. The van der Waals surface area contributed by atoms with E-state index in [4.69, 9.17) is 4.74 Å². The van der Waals surface area contributed by atoms with E-state index in [0.29, 0.717) is 23.8 Å². The molecular formula is C17H28FNO. The van der Waals surface area contributed by atoms with Gasteiger partial charge in [0.1, 0.15) is 11.6 Å². The first-order valence-corrected chi connectivity index (χ1v) is 7.74. The van der Waals surface area contributed by atoms with E-state index in [9.17, 15) is 4.39 Å². The minimum Gasteiger partial charge on any atom is -0.493 e. The van der Waals surface area contributed by atoms with E-state index in [-0.39, 0.29) is 11.9 Å². The van der Waals surface area contributed by atoms with Gasteiger partial charge in [-0.2, -0.15) is 0 Å². The zero-order valence-corrected chi connectivity index (χ0v) is 13.2.